The molecule has 0 heterocycles. The molecule has 3 N–H and O–H groups in total. The van der Waals surface area contributed by atoms with E-state index in [-0.39, 0.29) is 0 Å². The molecule has 60 valence electrons. The Bertz CT molecular complexity index is 356. The van der Waals surface area contributed by atoms with Crippen molar-refractivity contribution >= 4 is 9.92 Å². The minimum Gasteiger partial charge on any atom is -0.241 e. The van der Waals surface area contributed by atoms with Crippen LogP contribution in [0.15, 0.2) is 29.2 Å². The van der Waals surface area contributed by atoms with Crippen LogP contribution in [-0.4, -0.2) is 4.21 Å². The fourth-order valence-corrected chi connectivity index (χ4v) is 1.45. The van der Waals surface area contributed by atoms with Crippen LogP contribution in [0.25, 0.3) is 0 Å². The Balaban J connectivity index is 3.28. The molecule has 0 bridgehead atoms. The first kappa shape index (κ1) is 8.23. The van der Waals surface area contributed by atoms with Crippen LogP contribution in [0.5, 0.6) is 0 Å². The van der Waals surface area contributed by atoms with Gasteiger partial charge in [-0.25, -0.2) is 14.1 Å². The number of hydrogen-bond acceptors (Lipinski definition) is 2. The summed E-state index contributed by atoms with van der Waals surface area (Å²) in [6.07, 6.45) is 0. The minimum atomic E-state index is -3.03. The zero-order valence-electron chi connectivity index (χ0n) is 6.20. The molecule has 1 aromatic carbocycles. The van der Waals surface area contributed by atoms with E-state index in [0.29, 0.717) is 4.90 Å². The fraction of sp³-hybridized carbons (Fsp3) is 0.143. The predicted octanol–water partition coefficient (Wildman–Crippen LogP) is 1.27. The van der Waals surface area contributed by atoms with Crippen LogP contribution in [0.4, 0.5) is 0 Å². The number of hydrogen-bond donors (Lipinski definition) is 2. The molecule has 1 unspecified atom stereocenters. The quantitative estimate of drug-likeness (QED) is 0.655. The molecule has 0 saturated heterocycles. The van der Waals surface area contributed by atoms with E-state index >= 15 is 0 Å². The van der Waals surface area contributed by atoms with Gasteiger partial charge in [0.05, 0.1) is 4.90 Å². The van der Waals surface area contributed by atoms with Gasteiger partial charge in [-0.1, -0.05) is 12.1 Å². The average Bonchev–Trinajstić information content (AvgIpc) is 1.86. The highest BCUT2D eigenvalue weighted by molar-refractivity contribution is 7.90. The van der Waals surface area contributed by atoms with Crippen LogP contribution >= 0.6 is 0 Å². The third kappa shape index (κ3) is 2.03. The summed E-state index contributed by atoms with van der Waals surface area (Å²) >= 11 is 0. The normalized spacial score (nSPS) is 15.8. The molecule has 11 heavy (non-hydrogen) atoms. The number of nitrogens with one attached hydrogen (secondary N) is 1. The first-order valence-electron chi connectivity index (χ1n) is 3.13. The van der Waals surface area contributed by atoms with E-state index in [9.17, 15) is 4.21 Å². The van der Waals surface area contributed by atoms with Gasteiger partial charge >= 0.3 is 0 Å². The topological polar surface area (TPSA) is 66.9 Å². The fourth-order valence-electron chi connectivity index (χ4n) is 0.804. The van der Waals surface area contributed by atoms with Crippen molar-refractivity contribution in [3.8, 4) is 0 Å². The van der Waals surface area contributed by atoms with Gasteiger partial charge in [0.1, 0.15) is 9.92 Å². The summed E-state index contributed by atoms with van der Waals surface area (Å²) in [5.74, 6) is 0. The van der Waals surface area contributed by atoms with Crippen LogP contribution in [-0.2, 0) is 9.92 Å². The highest BCUT2D eigenvalue weighted by Crippen LogP contribution is 2.08. The van der Waals surface area contributed by atoms with Crippen LogP contribution in [0.2, 0.25) is 0 Å². The molecular formula is C7H10N2OS. The van der Waals surface area contributed by atoms with Crippen LogP contribution < -0.4 is 5.14 Å². The molecule has 0 aliphatic rings. The second kappa shape index (κ2) is 2.64. The van der Waals surface area contributed by atoms with E-state index in [1.54, 1.807) is 18.2 Å². The summed E-state index contributed by atoms with van der Waals surface area (Å²) in [4.78, 5) is 0.387. The molecule has 0 aliphatic carbocycles. The lowest BCUT2D eigenvalue weighted by atomic mass is 10.2. The van der Waals surface area contributed by atoms with Crippen LogP contribution in [0.1, 0.15) is 5.56 Å². The smallest absolute Gasteiger partial charge is 0.132 e. The molecule has 0 spiro atoms. The lowest BCUT2D eigenvalue weighted by Crippen LogP contribution is -2.09. The standard InChI is InChI=1S/C7H10N2OS/c1-6-3-2-4-7(5-6)11(8,9)10/h2-5H,1H3,(H3,8,9,10). The molecule has 0 aliphatic heterocycles. The summed E-state index contributed by atoms with van der Waals surface area (Å²) in [5.41, 5.74) is 0.966. The van der Waals surface area contributed by atoms with Crippen molar-refractivity contribution in [3.63, 3.8) is 0 Å². The van der Waals surface area contributed by atoms with Crippen LogP contribution in [0.3, 0.4) is 0 Å². The Labute approximate surface area is 66.3 Å². The number of rotatable bonds is 1. The van der Waals surface area contributed by atoms with Crippen molar-refractivity contribution in [2.45, 2.75) is 11.8 Å². The van der Waals surface area contributed by atoms with Crippen molar-refractivity contribution < 1.29 is 4.21 Å². The maximum Gasteiger partial charge on any atom is 0.132 e. The van der Waals surface area contributed by atoms with Crippen molar-refractivity contribution in [2.75, 3.05) is 0 Å². The van der Waals surface area contributed by atoms with Gasteiger partial charge in [0, 0.05) is 0 Å². The first-order valence-corrected chi connectivity index (χ1v) is 4.75. The number of aryl methyl sites for hydroxylation is 1. The van der Waals surface area contributed by atoms with E-state index in [4.69, 9.17) is 9.92 Å². The average molecular weight is 170 g/mol. The molecule has 3 nitrogen and oxygen atoms in total. The summed E-state index contributed by atoms with van der Waals surface area (Å²) in [6.45, 7) is 1.87. The summed E-state index contributed by atoms with van der Waals surface area (Å²) in [7, 11) is -3.03. The second-order valence-corrected chi connectivity index (χ2v) is 4.09. The van der Waals surface area contributed by atoms with E-state index in [0.717, 1.165) is 5.56 Å². The SMILES string of the molecule is Cc1cccc(S(=N)(N)=O)c1. The van der Waals surface area contributed by atoms with Crippen molar-refractivity contribution in [3.05, 3.63) is 29.8 Å². The molecule has 1 aromatic rings. The third-order valence-corrected chi connectivity index (χ3v) is 2.29. The summed E-state index contributed by atoms with van der Waals surface area (Å²) < 4.78 is 18.1. The van der Waals surface area contributed by atoms with Gasteiger partial charge in [0.25, 0.3) is 0 Å². The zero-order chi connectivity index (χ0) is 8.48. The molecular weight excluding hydrogens is 160 g/mol. The Kier molecular flexibility index (Phi) is 1.97. The van der Waals surface area contributed by atoms with Gasteiger partial charge in [-0.2, -0.15) is 0 Å². The highest BCUT2D eigenvalue weighted by Gasteiger charge is 2.01. The summed E-state index contributed by atoms with van der Waals surface area (Å²) in [6, 6.07) is 6.87. The second-order valence-electron chi connectivity index (χ2n) is 2.42. The lowest BCUT2D eigenvalue weighted by Gasteiger charge is -2.00. The number of benzene rings is 1. The van der Waals surface area contributed by atoms with E-state index < -0.39 is 9.92 Å². The molecule has 4 heteroatoms. The van der Waals surface area contributed by atoms with Crippen molar-refractivity contribution in [1.82, 2.24) is 0 Å². The predicted molar refractivity (Wildman–Crippen MR) is 44.5 cm³/mol. The largest absolute Gasteiger partial charge is 0.241 e. The van der Waals surface area contributed by atoms with Gasteiger partial charge < -0.3 is 0 Å². The van der Waals surface area contributed by atoms with Crippen LogP contribution in [0, 0.1) is 11.7 Å². The van der Waals surface area contributed by atoms with E-state index in [2.05, 4.69) is 0 Å². The van der Waals surface area contributed by atoms with Gasteiger partial charge in [-0.3, -0.25) is 0 Å². The minimum absolute atomic E-state index is 0.387. The van der Waals surface area contributed by atoms with Crippen molar-refractivity contribution in [2.24, 2.45) is 5.14 Å². The molecule has 1 rings (SSSR count). The maximum absolute atomic E-state index is 11.0. The van der Waals surface area contributed by atoms with Gasteiger partial charge in [0.15, 0.2) is 0 Å². The van der Waals surface area contributed by atoms with Gasteiger partial charge in [0.2, 0.25) is 0 Å². The third-order valence-electron chi connectivity index (χ3n) is 1.34. The molecule has 1 atom stereocenters. The molecule has 0 fully saturated rings. The Morgan fingerprint density at radius 1 is 1.55 bits per heavy atom. The van der Waals surface area contributed by atoms with Crippen molar-refractivity contribution in [1.29, 1.82) is 4.78 Å². The molecule has 0 amide bonds. The molecule has 0 saturated carbocycles. The molecule has 0 aromatic heterocycles. The Morgan fingerprint density at radius 3 is 2.55 bits per heavy atom. The maximum atomic E-state index is 11.0. The number of nitrogens with two attached hydrogens (primary N) is 1. The molecule has 0 radical (unpaired) electrons. The highest BCUT2D eigenvalue weighted by atomic mass is 32.2. The first-order chi connectivity index (χ1) is 5.00. The monoisotopic (exact) mass is 170 g/mol. The lowest BCUT2D eigenvalue weighted by molar-refractivity contribution is 0.676. The summed E-state index contributed by atoms with van der Waals surface area (Å²) in [5, 5.41) is 5.12. The zero-order valence-corrected chi connectivity index (χ0v) is 7.02. The van der Waals surface area contributed by atoms with E-state index in [1.165, 1.54) is 0 Å². The van der Waals surface area contributed by atoms with Gasteiger partial charge in [-0.05, 0) is 24.6 Å². The van der Waals surface area contributed by atoms with E-state index in [1.807, 2.05) is 13.0 Å². The Hall–Kier alpha value is -0.870. The Morgan fingerprint density at radius 2 is 2.18 bits per heavy atom. The van der Waals surface area contributed by atoms with Gasteiger partial charge in [-0.15, -0.1) is 0 Å².